The van der Waals surface area contributed by atoms with E-state index in [2.05, 4.69) is 37.4 Å². The number of hydrogen-bond acceptors (Lipinski definition) is 3. The van der Waals surface area contributed by atoms with Crippen LogP contribution in [0.4, 0.5) is 0 Å². The van der Waals surface area contributed by atoms with Gasteiger partial charge in [0.15, 0.2) is 0 Å². The lowest BCUT2D eigenvalue weighted by Gasteiger charge is -2.49. The molecule has 2 saturated heterocycles. The van der Waals surface area contributed by atoms with E-state index in [1.165, 1.54) is 16.7 Å². The molecule has 1 unspecified atom stereocenters. The van der Waals surface area contributed by atoms with Crippen LogP contribution in [0.5, 0.6) is 0 Å². The Bertz CT molecular complexity index is 406. The Hall–Kier alpha value is -0.900. The molecule has 0 saturated carbocycles. The molecule has 1 atom stereocenters. The van der Waals surface area contributed by atoms with Crippen LogP contribution in [0, 0.1) is 13.8 Å². The van der Waals surface area contributed by atoms with E-state index in [0.717, 1.165) is 13.2 Å². The average molecular weight is 233 g/mol. The molecule has 2 aliphatic rings. The summed E-state index contributed by atoms with van der Waals surface area (Å²) in [6.45, 7) is 7.40. The summed E-state index contributed by atoms with van der Waals surface area (Å²) in [6, 6.07) is 6.97. The molecule has 0 radical (unpaired) electrons. The number of nitrogens with one attached hydrogen (secondary N) is 1. The molecule has 3 rings (SSSR count). The quantitative estimate of drug-likeness (QED) is 0.801. The summed E-state index contributed by atoms with van der Waals surface area (Å²) >= 11 is 0. The minimum absolute atomic E-state index is 0.127. The maximum Gasteiger partial charge on any atom is 0.134 e. The average Bonchev–Trinajstić information content (AvgIpc) is 2.25. The fraction of sp³-hybridized carbons (Fsp3) is 0.571. The predicted molar refractivity (Wildman–Crippen MR) is 66.2 cm³/mol. The van der Waals surface area contributed by atoms with Gasteiger partial charge in [-0.2, -0.15) is 0 Å². The lowest BCUT2D eigenvalue weighted by atomic mass is 9.84. The zero-order valence-corrected chi connectivity index (χ0v) is 10.5. The SMILES string of the molecule is Cc1cc(C)cc(C2NCCOC23COC3)c1. The van der Waals surface area contributed by atoms with Crippen molar-refractivity contribution >= 4 is 0 Å². The summed E-state index contributed by atoms with van der Waals surface area (Å²) in [7, 11) is 0. The molecule has 0 aromatic heterocycles. The van der Waals surface area contributed by atoms with Crippen molar-refractivity contribution in [2.75, 3.05) is 26.4 Å². The standard InChI is InChI=1S/C14H19NO2/c1-10-5-11(2)7-12(6-10)13-14(8-16-9-14)17-4-3-15-13/h5-7,13,15H,3-4,8-9H2,1-2H3. The van der Waals surface area contributed by atoms with Crippen LogP contribution in [-0.4, -0.2) is 32.0 Å². The number of morpholine rings is 1. The second-order valence-electron chi connectivity index (χ2n) is 5.21. The monoisotopic (exact) mass is 233 g/mol. The van der Waals surface area contributed by atoms with Crippen LogP contribution in [0.2, 0.25) is 0 Å². The molecule has 3 heteroatoms. The Morgan fingerprint density at radius 2 is 1.88 bits per heavy atom. The maximum atomic E-state index is 5.96. The first-order valence-corrected chi connectivity index (χ1v) is 6.23. The molecule has 0 bridgehead atoms. The van der Waals surface area contributed by atoms with E-state index in [4.69, 9.17) is 9.47 Å². The molecule has 1 spiro atoms. The summed E-state index contributed by atoms with van der Waals surface area (Å²) in [6.07, 6.45) is 0. The van der Waals surface area contributed by atoms with E-state index < -0.39 is 0 Å². The largest absolute Gasteiger partial charge is 0.375 e. The van der Waals surface area contributed by atoms with Crippen LogP contribution in [0.3, 0.4) is 0 Å². The van der Waals surface area contributed by atoms with E-state index in [1.807, 2.05) is 0 Å². The Balaban J connectivity index is 1.95. The van der Waals surface area contributed by atoms with Gasteiger partial charge in [-0.05, 0) is 19.4 Å². The molecule has 2 heterocycles. The second kappa shape index (κ2) is 4.09. The number of ether oxygens (including phenoxy) is 2. The van der Waals surface area contributed by atoms with Gasteiger partial charge in [-0.3, -0.25) is 0 Å². The molecule has 2 aliphatic heterocycles. The van der Waals surface area contributed by atoms with Gasteiger partial charge in [-0.1, -0.05) is 29.3 Å². The molecular weight excluding hydrogens is 214 g/mol. The van der Waals surface area contributed by atoms with Gasteiger partial charge in [0, 0.05) is 6.54 Å². The molecule has 0 amide bonds. The van der Waals surface area contributed by atoms with Crippen LogP contribution in [0.1, 0.15) is 22.7 Å². The first kappa shape index (κ1) is 11.2. The van der Waals surface area contributed by atoms with Crippen molar-refractivity contribution in [1.29, 1.82) is 0 Å². The van der Waals surface area contributed by atoms with Gasteiger partial charge in [0.25, 0.3) is 0 Å². The minimum Gasteiger partial charge on any atom is -0.375 e. The number of rotatable bonds is 1. The van der Waals surface area contributed by atoms with Crippen LogP contribution in [0.25, 0.3) is 0 Å². The van der Waals surface area contributed by atoms with Gasteiger partial charge < -0.3 is 14.8 Å². The summed E-state index contributed by atoms with van der Waals surface area (Å²) in [4.78, 5) is 0. The van der Waals surface area contributed by atoms with Crippen molar-refractivity contribution in [3.05, 3.63) is 34.9 Å². The van der Waals surface area contributed by atoms with Crippen LogP contribution < -0.4 is 5.32 Å². The Kier molecular flexibility index (Phi) is 2.69. The first-order valence-electron chi connectivity index (χ1n) is 6.23. The third-order valence-electron chi connectivity index (χ3n) is 3.64. The van der Waals surface area contributed by atoms with Gasteiger partial charge in [0.05, 0.1) is 25.9 Å². The number of aryl methyl sites for hydroxylation is 2. The molecular formula is C14H19NO2. The third-order valence-corrected chi connectivity index (χ3v) is 3.64. The topological polar surface area (TPSA) is 30.5 Å². The minimum atomic E-state index is -0.127. The molecule has 1 aromatic carbocycles. The van der Waals surface area contributed by atoms with E-state index in [-0.39, 0.29) is 11.6 Å². The first-order chi connectivity index (χ1) is 8.20. The molecule has 1 aromatic rings. The van der Waals surface area contributed by atoms with Gasteiger partial charge in [0.1, 0.15) is 5.60 Å². The molecule has 0 aliphatic carbocycles. The van der Waals surface area contributed by atoms with E-state index in [0.29, 0.717) is 13.2 Å². The predicted octanol–water partition coefficient (Wildman–Crippen LogP) is 1.73. The fourth-order valence-corrected chi connectivity index (χ4v) is 2.88. The smallest absolute Gasteiger partial charge is 0.134 e. The fourth-order valence-electron chi connectivity index (χ4n) is 2.88. The zero-order chi connectivity index (χ0) is 11.9. The molecule has 17 heavy (non-hydrogen) atoms. The van der Waals surface area contributed by atoms with Crippen molar-refractivity contribution in [2.24, 2.45) is 0 Å². The van der Waals surface area contributed by atoms with Gasteiger partial charge in [0.2, 0.25) is 0 Å². The Labute approximate surface area is 102 Å². The van der Waals surface area contributed by atoms with E-state index in [1.54, 1.807) is 0 Å². The summed E-state index contributed by atoms with van der Waals surface area (Å²) in [5.74, 6) is 0. The highest BCUT2D eigenvalue weighted by molar-refractivity contribution is 5.33. The van der Waals surface area contributed by atoms with Crippen molar-refractivity contribution in [3.63, 3.8) is 0 Å². The van der Waals surface area contributed by atoms with Gasteiger partial charge in [-0.15, -0.1) is 0 Å². The highest BCUT2D eigenvalue weighted by atomic mass is 16.6. The lowest BCUT2D eigenvalue weighted by molar-refractivity contribution is -0.239. The van der Waals surface area contributed by atoms with Crippen molar-refractivity contribution in [1.82, 2.24) is 5.32 Å². The van der Waals surface area contributed by atoms with Crippen molar-refractivity contribution < 1.29 is 9.47 Å². The number of hydrogen-bond donors (Lipinski definition) is 1. The zero-order valence-electron chi connectivity index (χ0n) is 10.5. The van der Waals surface area contributed by atoms with Crippen molar-refractivity contribution in [2.45, 2.75) is 25.5 Å². The Morgan fingerprint density at radius 3 is 2.47 bits per heavy atom. The maximum absolute atomic E-state index is 5.96. The summed E-state index contributed by atoms with van der Waals surface area (Å²) in [5, 5.41) is 3.58. The number of benzene rings is 1. The van der Waals surface area contributed by atoms with E-state index >= 15 is 0 Å². The van der Waals surface area contributed by atoms with Crippen LogP contribution in [0.15, 0.2) is 18.2 Å². The highest BCUT2D eigenvalue weighted by Gasteiger charge is 2.49. The van der Waals surface area contributed by atoms with Crippen LogP contribution >= 0.6 is 0 Å². The van der Waals surface area contributed by atoms with Gasteiger partial charge in [-0.25, -0.2) is 0 Å². The normalized spacial score (nSPS) is 26.8. The third kappa shape index (κ3) is 1.88. The molecule has 1 N–H and O–H groups in total. The van der Waals surface area contributed by atoms with E-state index in [9.17, 15) is 0 Å². The van der Waals surface area contributed by atoms with Gasteiger partial charge >= 0.3 is 0 Å². The molecule has 92 valence electrons. The molecule has 2 fully saturated rings. The highest BCUT2D eigenvalue weighted by Crippen LogP contribution is 2.38. The second-order valence-corrected chi connectivity index (χ2v) is 5.21. The van der Waals surface area contributed by atoms with Crippen molar-refractivity contribution in [3.8, 4) is 0 Å². The van der Waals surface area contributed by atoms with Crippen LogP contribution in [-0.2, 0) is 9.47 Å². The lowest BCUT2D eigenvalue weighted by Crippen LogP contribution is -2.63. The summed E-state index contributed by atoms with van der Waals surface area (Å²) < 4.78 is 11.3. The molecule has 3 nitrogen and oxygen atoms in total. The Morgan fingerprint density at radius 1 is 1.18 bits per heavy atom. The summed E-state index contributed by atoms with van der Waals surface area (Å²) in [5.41, 5.74) is 3.81.